The van der Waals surface area contributed by atoms with E-state index >= 15 is 8.78 Å². The van der Waals surface area contributed by atoms with E-state index in [2.05, 4.69) is 10.6 Å². The summed E-state index contributed by atoms with van der Waals surface area (Å²) in [7, 11) is 2.79. The molecule has 1 aliphatic heterocycles. The molecule has 2 unspecified atom stereocenters. The average molecular weight is 615 g/mol. The van der Waals surface area contributed by atoms with Crippen molar-refractivity contribution in [1.82, 2.24) is 15.2 Å². The number of rotatable bonds is 8. The Morgan fingerprint density at radius 3 is 2.51 bits per heavy atom. The van der Waals surface area contributed by atoms with Gasteiger partial charge in [-0.15, -0.1) is 0 Å². The molecule has 12 heteroatoms. The molecule has 4 atom stereocenters. The fraction of sp³-hybridized carbons (Fsp3) is 0.387. The summed E-state index contributed by atoms with van der Waals surface area (Å²) in [5.41, 5.74) is 1.36. The van der Waals surface area contributed by atoms with Crippen molar-refractivity contribution in [3.05, 3.63) is 92.4 Å². The Morgan fingerprint density at radius 2 is 1.81 bits per heavy atom. The fourth-order valence-electron chi connectivity index (χ4n) is 6.13. The van der Waals surface area contributed by atoms with Crippen molar-refractivity contribution in [2.75, 3.05) is 25.7 Å². The van der Waals surface area contributed by atoms with Gasteiger partial charge in [-0.05, 0) is 61.6 Å². The van der Waals surface area contributed by atoms with E-state index in [1.165, 1.54) is 29.8 Å². The molecular weight excluding hydrogens is 582 g/mol. The number of halogens is 3. The van der Waals surface area contributed by atoms with E-state index < -0.39 is 47.1 Å². The highest BCUT2D eigenvalue weighted by molar-refractivity contribution is 6.30. The second kappa shape index (κ2) is 12.7. The molecule has 9 nitrogen and oxygen atoms in total. The number of methoxy groups -OCH3 is 2. The Bertz CT molecular complexity index is 1580. The summed E-state index contributed by atoms with van der Waals surface area (Å²) in [4.78, 5) is 41.9. The highest BCUT2D eigenvalue weighted by Crippen LogP contribution is 2.40. The average Bonchev–Trinajstić information content (AvgIpc) is 3.20. The molecule has 0 bridgehead atoms. The van der Waals surface area contributed by atoms with Crippen LogP contribution in [0.1, 0.15) is 36.0 Å². The molecule has 0 radical (unpaired) electrons. The van der Waals surface area contributed by atoms with Crippen molar-refractivity contribution >= 4 is 29.2 Å². The quantitative estimate of drug-likeness (QED) is 0.397. The van der Waals surface area contributed by atoms with Gasteiger partial charge >= 0.3 is 6.03 Å². The maximum absolute atomic E-state index is 15.4. The maximum atomic E-state index is 15.4. The Labute approximate surface area is 252 Å². The second-order valence-electron chi connectivity index (χ2n) is 10.8. The topological polar surface area (TPSA) is 102 Å². The van der Waals surface area contributed by atoms with Crippen LogP contribution in [0.5, 0.6) is 5.75 Å². The zero-order valence-corrected chi connectivity index (χ0v) is 24.8. The number of nitrogens with zero attached hydrogens (tertiary/aromatic N) is 2. The molecule has 1 aromatic heterocycles. The number of hydrogen-bond donors (Lipinski definition) is 2. The number of carbonyl (C=O) groups excluding carboxylic acids is 2. The van der Waals surface area contributed by atoms with Crippen LogP contribution < -0.4 is 25.8 Å². The summed E-state index contributed by atoms with van der Waals surface area (Å²) in [6.07, 6.45) is 3.49. The number of amides is 3. The zero-order chi connectivity index (χ0) is 30.8. The second-order valence-corrected chi connectivity index (χ2v) is 11.2. The van der Waals surface area contributed by atoms with Crippen molar-refractivity contribution in [3.63, 3.8) is 0 Å². The van der Waals surface area contributed by atoms with E-state index in [4.69, 9.17) is 21.1 Å². The number of fused-ring (bicyclic) bond motifs is 1. The molecule has 3 amide bonds. The third-order valence-electron chi connectivity index (χ3n) is 8.23. The number of benzene rings is 2. The molecule has 1 fully saturated rings. The van der Waals surface area contributed by atoms with Crippen molar-refractivity contribution in [1.29, 1.82) is 0 Å². The number of aryl methyl sites for hydroxylation is 1. The first-order valence-electron chi connectivity index (χ1n) is 14.0. The van der Waals surface area contributed by atoms with Gasteiger partial charge in [0.2, 0.25) is 0 Å². The van der Waals surface area contributed by atoms with Crippen LogP contribution in [0.4, 0.5) is 19.3 Å². The molecule has 228 valence electrons. The highest BCUT2D eigenvalue weighted by Gasteiger charge is 2.50. The number of carbonyl (C=O) groups is 2. The molecule has 0 saturated carbocycles. The monoisotopic (exact) mass is 614 g/mol. The largest absolute Gasteiger partial charge is 0.497 e. The SMILES string of the molecule is COCCn1cccc(N2C(=O)C(NC(=O)NC3CCc4cc(Cl)ccc4C3)[C@H](c3c(F)cc(OC)cc3F)[C@@H]2C)c1=O. The van der Waals surface area contributed by atoms with Crippen molar-refractivity contribution in [2.24, 2.45) is 0 Å². The molecule has 0 spiro atoms. The molecule has 2 aromatic carbocycles. The van der Waals surface area contributed by atoms with Crippen LogP contribution >= 0.6 is 11.6 Å². The van der Waals surface area contributed by atoms with Crippen molar-refractivity contribution in [2.45, 2.75) is 56.8 Å². The van der Waals surface area contributed by atoms with E-state index in [0.717, 1.165) is 23.3 Å². The van der Waals surface area contributed by atoms with E-state index in [-0.39, 0.29) is 36.2 Å². The minimum atomic E-state index is -1.37. The Kier molecular flexibility index (Phi) is 9.03. The summed E-state index contributed by atoms with van der Waals surface area (Å²) in [6, 6.07) is 7.64. The highest BCUT2D eigenvalue weighted by atomic mass is 35.5. The van der Waals surface area contributed by atoms with E-state index in [0.29, 0.717) is 24.3 Å². The molecule has 43 heavy (non-hydrogen) atoms. The summed E-state index contributed by atoms with van der Waals surface area (Å²) < 4.78 is 42.4. The first-order valence-corrected chi connectivity index (χ1v) is 14.4. The van der Waals surface area contributed by atoms with Gasteiger partial charge in [-0.25, -0.2) is 13.6 Å². The summed E-state index contributed by atoms with van der Waals surface area (Å²) in [6.45, 7) is 2.10. The van der Waals surface area contributed by atoms with Crippen molar-refractivity contribution < 1.29 is 27.8 Å². The van der Waals surface area contributed by atoms with Crippen LogP contribution in [-0.4, -0.2) is 55.5 Å². The van der Waals surface area contributed by atoms with E-state index in [1.807, 2.05) is 12.1 Å². The third-order valence-corrected chi connectivity index (χ3v) is 8.46. The first kappa shape index (κ1) is 30.5. The lowest BCUT2D eigenvalue weighted by Gasteiger charge is -2.27. The minimum Gasteiger partial charge on any atom is -0.497 e. The van der Waals surface area contributed by atoms with Crippen LogP contribution in [0.25, 0.3) is 0 Å². The lowest BCUT2D eigenvalue weighted by molar-refractivity contribution is -0.118. The number of anilines is 1. The van der Waals surface area contributed by atoms with Gasteiger partial charge in [0, 0.05) is 60.6 Å². The summed E-state index contributed by atoms with van der Waals surface area (Å²) in [5, 5.41) is 6.24. The molecule has 2 N–H and O–H groups in total. The summed E-state index contributed by atoms with van der Waals surface area (Å²) >= 11 is 6.12. The first-order chi connectivity index (χ1) is 20.6. The maximum Gasteiger partial charge on any atom is 0.315 e. The number of pyridine rings is 1. The lowest BCUT2D eigenvalue weighted by atomic mass is 9.87. The predicted octanol–water partition coefficient (Wildman–Crippen LogP) is 4.18. The number of nitrogens with one attached hydrogen (secondary N) is 2. The van der Waals surface area contributed by atoms with Gasteiger partial charge < -0.3 is 29.6 Å². The van der Waals surface area contributed by atoms with Gasteiger partial charge in [-0.3, -0.25) is 9.59 Å². The number of urea groups is 1. The standard InChI is InChI=1S/C31H33ClF2N4O5/c1-17-26(27-23(33)15-22(43-3)16-24(27)34)28(30(40)38(17)25-5-4-10-37(29(25)39)11-12-42-2)36-31(41)35-21-9-7-18-13-20(32)8-6-19(18)14-21/h4-6,8,10,13,15-17,21,26,28H,7,9,11-12,14H2,1-3H3,(H2,35,36,41)/t17-,21?,26-,28?/m0/s1. The van der Waals surface area contributed by atoms with Gasteiger partial charge in [0.05, 0.1) is 13.7 Å². The van der Waals surface area contributed by atoms with Gasteiger partial charge in [0.15, 0.2) is 0 Å². The van der Waals surface area contributed by atoms with Crippen LogP contribution in [0.3, 0.4) is 0 Å². The van der Waals surface area contributed by atoms with Crippen LogP contribution in [-0.2, 0) is 28.9 Å². The number of ether oxygens (including phenoxy) is 2. The molecule has 2 aliphatic rings. The van der Waals surface area contributed by atoms with Gasteiger partial charge in [0.25, 0.3) is 11.5 Å². The van der Waals surface area contributed by atoms with E-state index in [9.17, 15) is 14.4 Å². The normalized spacial score (nSPS) is 21.4. The third kappa shape index (κ3) is 6.09. The molecule has 5 rings (SSSR count). The Balaban J connectivity index is 1.46. The molecule has 1 saturated heterocycles. The van der Waals surface area contributed by atoms with Crippen LogP contribution in [0.15, 0.2) is 53.5 Å². The van der Waals surface area contributed by atoms with E-state index in [1.54, 1.807) is 25.3 Å². The minimum absolute atomic E-state index is 0.0298. The molecule has 2 heterocycles. The molecule has 3 aromatic rings. The number of aromatic nitrogens is 1. The van der Waals surface area contributed by atoms with Gasteiger partial charge in [-0.2, -0.15) is 0 Å². The smallest absolute Gasteiger partial charge is 0.315 e. The van der Waals surface area contributed by atoms with Gasteiger partial charge in [-0.1, -0.05) is 17.7 Å². The predicted molar refractivity (Wildman–Crippen MR) is 158 cm³/mol. The van der Waals surface area contributed by atoms with Crippen molar-refractivity contribution in [3.8, 4) is 5.75 Å². The van der Waals surface area contributed by atoms with Crippen LogP contribution in [0, 0.1) is 11.6 Å². The van der Waals surface area contributed by atoms with Gasteiger partial charge in [0.1, 0.15) is 29.1 Å². The summed E-state index contributed by atoms with van der Waals surface area (Å²) in [5.74, 6) is -3.71. The zero-order valence-electron chi connectivity index (χ0n) is 24.0. The Morgan fingerprint density at radius 1 is 1.07 bits per heavy atom. The Hall–Kier alpha value is -3.96. The fourth-order valence-corrected chi connectivity index (χ4v) is 6.32. The number of hydrogen-bond acceptors (Lipinski definition) is 5. The molecular formula is C31H33ClF2N4O5. The lowest BCUT2D eigenvalue weighted by Crippen LogP contribution is -2.51. The van der Waals surface area contributed by atoms with Crippen LogP contribution in [0.2, 0.25) is 5.02 Å². The molecule has 1 aliphatic carbocycles.